The predicted octanol–water partition coefficient (Wildman–Crippen LogP) is 2.03. The molecule has 8 nitrogen and oxygen atoms in total. The Morgan fingerprint density at radius 3 is 2.92 bits per heavy atom. The normalized spacial score (nSPS) is 13.9. The van der Waals surface area contributed by atoms with Crippen molar-refractivity contribution in [2.45, 2.75) is 32.2 Å². The molecule has 0 spiro atoms. The molecule has 0 N–H and O–H groups in total. The van der Waals surface area contributed by atoms with Crippen LogP contribution in [0.15, 0.2) is 23.0 Å². The number of nitrogens with zero attached hydrogens (tertiary/aromatic N) is 3. The van der Waals surface area contributed by atoms with Crippen molar-refractivity contribution >= 4 is 22.6 Å². The summed E-state index contributed by atoms with van der Waals surface area (Å²) in [6.45, 7) is 1.97. The van der Waals surface area contributed by atoms with Crippen molar-refractivity contribution in [3.05, 3.63) is 49.8 Å². The first kappa shape index (κ1) is 16.6. The van der Waals surface area contributed by atoms with E-state index < -0.39 is 28.1 Å². The van der Waals surface area contributed by atoms with Crippen molar-refractivity contribution in [2.75, 3.05) is 6.61 Å². The Hall–Kier alpha value is -3.21. The maximum Gasteiger partial charge on any atom is 0.339 e. The summed E-state index contributed by atoms with van der Waals surface area (Å²) in [5.41, 5.74) is -0.261. The van der Waals surface area contributed by atoms with E-state index in [1.165, 1.54) is 4.57 Å². The highest BCUT2D eigenvalue weighted by atomic mass is 16.6. The van der Waals surface area contributed by atoms with Crippen molar-refractivity contribution in [3.63, 3.8) is 0 Å². The van der Waals surface area contributed by atoms with Crippen LogP contribution in [0.4, 0.5) is 5.69 Å². The predicted molar refractivity (Wildman–Crippen MR) is 88.2 cm³/mol. The molecule has 0 unspecified atom stereocenters. The third-order valence-electron chi connectivity index (χ3n) is 4.33. The van der Waals surface area contributed by atoms with Crippen molar-refractivity contribution < 1.29 is 14.5 Å². The molecule has 0 saturated heterocycles. The summed E-state index contributed by atoms with van der Waals surface area (Å²) in [5.74, 6) is -2.42. The van der Waals surface area contributed by atoms with E-state index in [0.29, 0.717) is 23.9 Å². The fourth-order valence-electron chi connectivity index (χ4n) is 3.37. The van der Waals surface area contributed by atoms with E-state index >= 15 is 0 Å². The van der Waals surface area contributed by atoms with Crippen LogP contribution >= 0.6 is 0 Å². The SMILES string of the molecule is CCOC(=O)[C@H](C#N)c1c([N+](=O)[O-])c(=O)n2c3c(cccc13)CCC2. The molecule has 128 valence electrons. The number of hydrogen-bond donors (Lipinski definition) is 0. The highest BCUT2D eigenvalue weighted by Crippen LogP contribution is 2.35. The Labute approximate surface area is 142 Å². The van der Waals surface area contributed by atoms with Gasteiger partial charge in [0.05, 0.1) is 28.7 Å². The molecule has 0 radical (unpaired) electrons. The summed E-state index contributed by atoms with van der Waals surface area (Å²) >= 11 is 0. The molecule has 0 aliphatic carbocycles. The number of para-hydroxylation sites is 1. The summed E-state index contributed by atoms with van der Waals surface area (Å²) < 4.78 is 6.25. The molecule has 1 aliphatic rings. The van der Waals surface area contributed by atoms with E-state index in [1.54, 1.807) is 25.1 Å². The van der Waals surface area contributed by atoms with Crippen molar-refractivity contribution in [1.29, 1.82) is 5.26 Å². The van der Waals surface area contributed by atoms with Gasteiger partial charge >= 0.3 is 17.2 Å². The first-order valence-electron chi connectivity index (χ1n) is 7.90. The fraction of sp³-hybridized carbons (Fsp3) is 0.353. The number of rotatable bonds is 4. The molecule has 2 heterocycles. The van der Waals surface area contributed by atoms with Gasteiger partial charge in [0.25, 0.3) is 0 Å². The van der Waals surface area contributed by atoms with Gasteiger partial charge in [0, 0.05) is 11.9 Å². The zero-order valence-corrected chi connectivity index (χ0v) is 13.5. The summed E-state index contributed by atoms with van der Waals surface area (Å²) in [5, 5.41) is 21.4. The molecule has 8 heteroatoms. The summed E-state index contributed by atoms with van der Waals surface area (Å²) in [6, 6.07) is 6.93. The van der Waals surface area contributed by atoms with E-state index in [4.69, 9.17) is 4.74 Å². The zero-order valence-electron chi connectivity index (χ0n) is 13.5. The number of aromatic nitrogens is 1. The van der Waals surface area contributed by atoms with Crippen molar-refractivity contribution in [3.8, 4) is 6.07 Å². The van der Waals surface area contributed by atoms with Crippen LogP contribution in [0.3, 0.4) is 0 Å². The number of carbonyl (C=O) groups is 1. The molecule has 0 amide bonds. The minimum atomic E-state index is -1.53. The highest BCUT2D eigenvalue weighted by molar-refractivity contribution is 5.95. The number of carbonyl (C=O) groups excluding carboxylic acids is 1. The van der Waals surface area contributed by atoms with Crippen molar-refractivity contribution in [1.82, 2.24) is 4.57 Å². The van der Waals surface area contributed by atoms with Crippen molar-refractivity contribution in [2.24, 2.45) is 0 Å². The maximum absolute atomic E-state index is 12.7. The van der Waals surface area contributed by atoms with Gasteiger partial charge in [-0.15, -0.1) is 0 Å². The smallest absolute Gasteiger partial charge is 0.339 e. The molecule has 25 heavy (non-hydrogen) atoms. The maximum atomic E-state index is 12.7. The minimum Gasteiger partial charge on any atom is -0.465 e. The Morgan fingerprint density at radius 2 is 2.28 bits per heavy atom. The lowest BCUT2D eigenvalue weighted by Gasteiger charge is -2.21. The van der Waals surface area contributed by atoms with Gasteiger partial charge in [-0.25, -0.2) is 0 Å². The van der Waals surface area contributed by atoms with Gasteiger partial charge in [0.1, 0.15) is 0 Å². The molecule has 1 aliphatic heterocycles. The lowest BCUT2D eigenvalue weighted by molar-refractivity contribution is -0.387. The van der Waals surface area contributed by atoms with E-state index in [0.717, 1.165) is 12.0 Å². The second-order valence-corrected chi connectivity index (χ2v) is 5.71. The van der Waals surface area contributed by atoms with Crippen LogP contribution in [-0.2, 0) is 22.5 Å². The molecule has 1 atom stereocenters. The molecule has 1 aromatic heterocycles. The molecular formula is C17H15N3O5. The first-order chi connectivity index (χ1) is 12.0. The van der Waals surface area contributed by atoms with Crippen LogP contribution in [0, 0.1) is 21.4 Å². The fourth-order valence-corrected chi connectivity index (χ4v) is 3.37. The highest BCUT2D eigenvalue weighted by Gasteiger charge is 2.36. The molecule has 3 rings (SSSR count). The van der Waals surface area contributed by atoms with E-state index in [1.807, 2.05) is 6.07 Å². The van der Waals surface area contributed by atoms with E-state index in [-0.39, 0.29) is 12.2 Å². The zero-order chi connectivity index (χ0) is 18.1. The average molecular weight is 341 g/mol. The van der Waals surface area contributed by atoms with Gasteiger partial charge in [0.2, 0.25) is 0 Å². The van der Waals surface area contributed by atoms with Gasteiger partial charge < -0.3 is 9.30 Å². The Balaban J connectivity index is 2.46. The van der Waals surface area contributed by atoms with Gasteiger partial charge in [0.15, 0.2) is 5.92 Å². The second-order valence-electron chi connectivity index (χ2n) is 5.71. The minimum absolute atomic E-state index is 0.0328. The Bertz CT molecular complexity index is 986. The molecule has 0 bridgehead atoms. The number of benzene rings is 1. The summed E-state index contributed by atoms with van der Waals surface area (Å²) in [4.78, 5) is 35.7. The van der Waals surface area contributed by atoms with Crippen LogP contribution in [0.1, 0.15) is 30.4 Å². The lowest BCUT2D eigenvalue weighted by Crippen LogP contribution is -2.29. The quantitative estimate of drug-likeness (QED) is 0.477. The van der Waals surface area contributed by atoms with Gasteiger partial charge in [-0.3, -0.25) is 19.7 Å². The largest absolute Gasteiger partial charge is 0.465 e. The number of nitriles is 1. The molecular weight excluding hydrogens is 326 g/mol. The Kier molecular flexibility index (Phi) is 4.23. The monoisotopic (exact) mass is 341 g/mol. The summed E-state index contributed by atoms with van der Waals surface area (Å²) in [7, 11) is 0. The molecule has 1 aromatic carbocycles. The lowest BCUT2D eigenvalue weighted by atomic mass is 9.91. The summed E-state index contributed by atoms with van der Waals surface area (Å²) in [6.07, 6.45) is 1.42. The molecule has 0 fully saturated rings. The van der Waals surface area contributed by atoms with Gasteiger partial charge in [-0.05, 0) is 25.3 Å². The second kappa shape index (κ2) is 6.36. The van der Waals surface area contributed by atoms with Crippen LogP contribution in [0.2, 0.25) is 0 Å². The topological polar surface area (TPSA) is 115 Å². The van der Waals surface area contributed by atoms with Gasteiger partial charge in [-0.1, -0.05) is 18.2 Å². The Morgan fingerprint density at radius 1 is 1.52 bits per heavy atom. The standard InChI is InChI=1S/C17H15N3O5/c1-2-25-17(22)12(9-18)13-11-7-3-5-10-6-4-8-19(14(10)11)16(21)15(13)20(23)24/h3,5,7,12H,2,4,6,8H2,1H3/t12-/m1/s1. The number of aryl methyl sites for hydroxylation is 2. The van der Waals surface area contributed by atoms with Crippen LogP contribution < -0.4 is 5.56 Å². The van der Waals surface area contributed by atoms with E-state index in [2.05, 4.69) is 0 Å². The van der Waals surface area contributed by atoms with Gasteiger partial charge in [-0.2, -0.15) is 5.26 Å². The third-order valence-corrected chi connectivity index (χ3v) is 4.33. The van der Waals surface area contributed by atoms with Crippen LogP contribution in [-0.4, -0.2) is 22.1 Å². The van der Waals surface area contributed by atoms with Crippen LogP contribution in [0.25, 0.3) is 10.9 Å². The third kappa shape index (κ3) is 2.54. The average Bonchev–Trinajstić information content (AvgIpc) is 2.59. The number of nitro groups is 1. The number of esters is 1. The van der Waals surface area contributed by atoms with Crippen LogP contribution in [0.5, 0.6) is 0 Å². The number of ether oxygens (including phenoxy) is 1. The number of hydrogen-bond acceptors (Lipinski definition) is 6. The molecule has 2 aromatic rings. The molecule has 0 saturated carbocycles. The van der Waals surface area contributed by atoms with E-state index in [9.17, 15) is 25.0 Å². The number of pyridine rings is 1. The first-order valence-corrected chi connectivity index (χ1v) is 7.90.